The van der Waals surface area contributed by atoms with Crippen LogP contribution in [-0.2, 0) is 0 Å². The van der Waals surface area contributed by atoms with Gasteiger partial charge in [0.1, 0.15) is 0 Å². The van der Waals surface area contributed by atoms with Crippen LogP contribution in [0.25, 0.3) is 10.8 Å². The molecule has 20 heavy (non-hydrogen) atoms. The van der Waals surface area contributed by atoms with Crippen LogP contribution >= 0.6 is 0 Å². The summed E-state index contributed by atoms with van der Waals surface area (Å²) in [4.78, 5) is 12.2. The highest BCUT2D eigenvalue weighted by Gasteiger charge is 2.03. The summed E-state index contributed by atoms with van der Waals surface area (Å²) >= 11 is 0. The molecule has 0 radical (unpaired) electrons. The van der Waals surface area contributed by atoms with E-state index in [9.17, 15) is 4.79 Å². The fraction of sp³-hybridized carbons (Fsp3) is 0.105. The van der Waals surface area contributed by atoms with Crippen LogP contribution in [0.15, 0.2) is 78.4 Å². The molecule has 3 rings (SSSR count). The Hall–Kier alpha value is -2.41. The molecular weight excluding hydrogens is 244 g/mol. The summed E-state index contributed by atoms with van der Waals surface area (Å²) in [5, 5.41) is 2.26. The van der Waals surface area contributed by atoms with Crippen LogP contribution in [0.3, 0.4) is 0 Å². The predicted octanol–water partition coefficient (Wildman–Crippen LogP) is 4.86. The van der Waals surface area contributed by atoms with Crippen LogP contribution in [0.2, 0.25) is 0 Å². The molecule has 0 N–H and O–H groups in total. The van der Waals surface area contributed by atoms with Crippen molar-refractivity contribution in [2.24, 2.45) is 0 Å². The minimum atomic E-state index is 0.0515. The molecule has 0 heterocycles. The molecule has 0 atom stereocenters. The van der Waals surface area contributed by atoms with Crippen molar-refractivity contribution in [2.75, 3.05) is 0 Å². The van der Waals surface area contributed by atoms with E-state index < -0.39 is 0 Å². The SMILES string of the molecule is O=C(C=CC1=CCCC=C1)c1ccc2ccccc2c1. The van der Waals surface area contributed by atoms with Gasteiger partial charge in [0.05, 0.1) is 0 Å². The van der Waals surface area contributed by atoms with Gasteiger partial charge in [0.25, 0.3) is 0 Å². The Morgan fingerprint density at radius 1 is 1.00 bits per heavy atom. The van der Waals surface area contributed by atoms with Crippen molar-refractivity contribution in [3.05, 3.63) is 84.0 Å². The van der Waals surface area contributed by atoms with Gasteiger partial charge in [0.15, 0.2) is 5.78 Å². The lowest BCUT2D eigenvalue weighted by Crippen LogP contribution is -1.94. The van der Waals surface area contributed by atoms with E-state index in [0.717, 1.165) is 34.8 Å². The normalized spacial score (nSPS) is 14.7. The lowest BCUT2D eigenvalue weighted by Gasteiger charge is -2.02. The number of hydrogen-bond donors (Lipinski definition) is 0. The Morgan fingerprint density at radius 3 is 2.65 bits per heavy atom. The number of ketones is 1. The number of carbonyl (C=O) groups is 1. The Morgan fingerprint density at radius 2 is 1.85 bits per heavy atom. The van der Waals surface area contributed by atoms with Crippen LogP contribution in [0.4, 0.5) is 0 Å². The molecule has 2 aromatic carbocycles. The average molecular weight is 260 g/mol. The molecular formula is C19H16O. The predicted molar refractivity (Wildman–Crippen MR) is 83.9 cm³/mol. The summed E-state index contributed by atoms with van der Waals surface area (Å²) in [6.45, 7) is 0. The maximum Gasteiger partial charge on any atom is 0.185 e. The first-order valence-electron chi connectivity index (χ1n) is 6.91. The number of rotatable bonds is 3. The smallest absolute Gasteiger partial charge is 0.185 e. The first-order chi connectivity index (χ1) is 9.83. The van der Waals surface area contributed by atoms with E-state index in [1.54, 1.807) is 6.08 Å². The highest BCUT2D eigenvalue weighted by atomic mass is 16.1. The molecule has 2 aromatic rings. The summed E-state index contributed by atoms with van der Waals surface area (Å²) in [6, 6.07) is 13.9. The summed E-state index contributed by atoms with van der Waals surface area (Å²) < 4.78 is 0. The maximum absolute atomic E-state index is 12.2. The van der Waals surface area contributed by atoms with Gasteiger partial charge in [0.2, 0.25) is 0 Å². The van der Waals surface area contributed by atoms with Gasteiger partial charge in [-0.15, -0.1) is 0 Å². The molecule has 0 aliphatic heterocycles. The molecule has 0 fully saturated rings. The van der Waals surface area contributed by atoms with E-state index in [-0.39, 0.29) is 5.78 Å². The van der Waals surface area contributed by atoms with Crippen LogP contribution in [0, 0.1) is 0 Å². The number of hydrogen-bond acceptors (Lipinski definition) is 1. The molecule has 0 bridgehead atoms. The van der Waals surface area contributed by atoms with Gasteiger partial charge in [-0.05, 0) is 41.3 Å². The van der Waals surface area contributed by atoms with Crippen molar-refractivity contribution in [1.29, 1.82) is 0 Å². The lowest BCUT2D eigenvalue weighted by atomic mass is 10.0. The van der Waals surface area contributed by atoms with Gasteiger partial charge in [-0.1, -0.05) is 60.7 Å². The molecule has 0 saturated heterocycles. The van der Waals surface area contributed by atoms with Crippen molar-refractivity contribution in [3.8, 4) is 0 Å². The standard InChI is InChI=1S/C19H16O/c20-19(13-10-15-6-2-1-3-7-15)18-12-11-16-8-4-5-9-17(16)14-18/h2,4-14H,1,3H2. The molecule has 1 aliphatic carbocycles. The zero-order valence-electron chi connectivity index (χ0n) is 11.3. The number of carbonyl (C=O) groups excluding carboxylic acids is 1. The summed E-state index contributed by atoms with van der Waals surface area (Å²) in [5.74, 6) is 0.0515. The van der Waals surface area contributed by atoms with Gasteiger partial charge in [-0.25, -0.2) is 0 Å². The molecule has 0 spiro atoms. The summed E-state index contributed by atoms with van der Waals surface area (Å²) in [7, 11) is 0. The zero-order valence-corrected chi connectivity index (χ0v) is 11.3. The highest BCUT2D eigenvalue weighted by molar-refractivity contribution is 6.07. The van der Waals surface area contributed by atoms with E-state index in [1.165, 1.54) is 0 Å². The molecule has 0 amide bonds. The Bertz CT molecular complexity index is 732. The van der Waals surface area contributed by atoms with E-state index in [0.29, 0.717) is 0 Å². The number of fused-ring (bicyclic) bond motifs is 1. The minimum absolute atomic E-state index is 0.0515. The topological polar surface area (TPSA) is 17.1 Å². The zero-order chi connectivity index (χ0) is 13.8. The summed E-state index contributed by atoms with van der Waals surface area (Å²) in [5.41, 5.74) is 1.85. The quantitative estimate of drug-likeness (QED) is 0.569. The fourth-order valence-electron chi connectivity index (χ4n) is 2.37. The van der Waals surface area contributed by atoms with Crippen LogP contribution < -0.4 is 0 Å². The van der Waals surface area contributed by atoms with E-state index in [4.69, 9.17) is 0 Å². The number of benzene rings is 2. The molecule has 0 aromatic heterocycles. The van der Waals surface area contributed by atoms with Crippen molar-refractivity contribution < 1.29 is 4.79 Å². The third-order valence-corrected chi connectivity index (χ3v) is 3.48. The first-order valence-corrected chi connectivity index (χ1v) is 6.91. The molecule has 0 saturated carbocycles. The van der Waals surface area contributed by atoms with Crippen LogP contribution in [0.5, 0.6) is 0 Å². The Kier molecular flexibility index (Phi) is 3.60. The molecule has 98 valence electrons. The maximum atomic E-state index is 12.2. The first kappa shape index (κ1) is 12.6. The third kappa shape index (κ3) is 2.77. The minimum Gasteiger partial charge on any atom is -0.289 e. The van der Waals surface area contributed by atoms with Gasteiger partial charge >= 0.3 is 0 Å². The third-order valence-electron chi connectivity index (χ3n) is 3.48. The Balaban J connectivity index is 1.83. The number of allylic oxidation sites excluding steroid dienone is 6. The van der Waals surface area contributed by atoms with Gasteiger partial charge in [-0.3, -0.25) is 4.79 Å². The molecule has 1 heteroatoms. The van der Waals surface area contributed by atoms with Gasteiger partial charge in [0, 0.05) is 5.56 Å². The van der Waals surface area contributed by atoms with Crippen LogP contribution in [0.1, 0.15) is 23.2 Å². The second-order valence-electron chi connectivity index (χ2n) is 4.94. The fourth-order valence-corrected chi connectivity index (χ4v) is 2.37. The van der Waals surface area contributed by atoms with Crippen LogP contribution in [-0.4, -0.2) is 5.78 Å². The monoisotopic (exact) mass is 260 g/mol. The van der Waals surface area contributed by atoms with Gasteiger partial charge in [-0.2, -0.15) is 0 Å². The van der Waals surface area contributed by atoms with E-state index in [2.05, 4.69) is 24.3 Å². The lowest BCUT2D eigenvalue weighted by molar-refractivity contribution is 0.104. The van der Waals surface area contributed by atoms with Crippen molar-refractivity contribution in [2.45, 2.75) is 12.8 Å². The van der Waals surface area contributed by atoms with Crippen molar-refractivity contribution in [3.63, 3.8) is 0 Å². The molecule has 0 unspecified atom stereocenters. The van der Waals surface area contributed by atoms with Crippen molar-refractivity contribution in [1.82, 2.24) is 0 Å². The second kappa shape index (κ2) is 5.70. The van der Waals surface area contributed by atoms with Gasteiger partial charge < -0.3 is 0 Å². The van der Waals surface area contributed by atoms with Crippen molar-refractivity contribution >= 4 is 16.6 Å². The molecule has 1 nitrogen and oxygen atoms in total. The molecule has 1 aliphatic rings. The largest absolute Gasteiger partial charge is 0.289 e. The van der Waals surface area contributed by atoms with E-state index in [1.807, 2.05) is 42.5 Å². The average Bonchev–Trinajstić information content (AvgIpc) is 2.53. The summed E-state index contributed by atoms with van der Waals surface area (Å²) in [6.07, 6.45) is 12.1. The highest BCUT2D eigenvalue weighted by Crippen LogP contribution is 2.17. The second-order valence-corrected chi connectivity index (χ2v) is 4.94. The Labute approximate surface area is 118 Å². The van der Waals surface area contributed by atoms with E-state index >= 15 is 0 Å².